The van der Waals surface area contributed by atoms with E-state index in [0.29, 0.717) is 0 Å². The summed E-state index contributed by atoms with van der Waals surface area (Å²) in [5.41, 5.74) is 4.11. The number of hydrogen-bond donors (Lipinski definition) is 0. The van der Waals surface area contributed by atoms with Gasteiger partial charge in [0.05, 0.1) is 0 Å². The van der Waals surface area contributed by atoms with E-state index in [1.165, 1.54) is 0 Å². The van der Waals surface area contributed by atoms with Crippen molar-refractivity contribution < 1.29 is 4.79 Å². The van der Waals surface area contributed by atoms with E-state index >= 15 is 0 Å². The molecule has 108 valence electrons. The molecule has 0 bridgehead atoms. The predicted octanol–water partition coefficient (Wildman–Crippen LogP) is 5.34. The van der Waals surface area contributed by atoms with Crippen LogP contribution >= 0.6 is 0 Å². The average Bonchev–Trinajstić information content (AvgIpc) is 2.62. The average molecular weight is 286 g/mol. The SMILES string of the molecule is CC(C(=O)c1ccc(-c2ccccc2)cc1)c1ccccc1. The molecule has 0 saturated carbocycles. The van der Waals surface area contributed by atoms with Gasteiger partial charge in [-0.3, -0.25) is 4.79 Å². The van der Waals surface area contributed by atoms with Gasteiger partial charge in [-0.25, -0.2) is 0 Å². The Kier molecular flexibility index (Phi) is 4.15. The zero-order chi connectivity index (χ0) is 15.4. The number of rotatable bonds is 4. The van der Waals surface area contributed by atoms with Gasteiger partial charge in [0.1, 0.15) is 0 Å². The highest BCUT2D eigenvalue weighted by molar-refractivity contribution is 6.01. The Labute approximate surface area is 131 Å². The van der Waals surface area contributed by atoms with Crippen LogP contribution in [0.4, 0.5) is 0 Å². The van der Waals surface area contributed by atoms with Gasteiger partial charge in [-0.05, 0) is 16.7 Å². The third kappa shape index (κ3) is 2.99. The largest absolute Gasteiger partial charge is 0.294 e. The third-order valence-corrected chi connectivity index (χ3v) is 3.97. The molecule has 0 fully saturated rings. The summed E-state index contributed by atoms with van der Waals surface area (Å²) in [6.45, 7) is 1.96. The molecule has 1 nitrogen and oxygen atoms in total. The van der Waals surface area contributed by atoms with Gasteiger partial charge in [-0.2, -0.15) is 0 Å². The summed E-state index contributed by atoms with van der Waals surface area (Å²) in [6.07, 6.45) is 0. The second kappa shape index (κ2) is 6.40. The second-order valence-electron chi connectivity index (χ2n) is 5.44. The lowest BCUT2D eigenvalue weighted by molar-refractivity contribution is 0.0966. The number of benzene rings is 3. The van der Waals surface area contributed by atoms with Crippen LogP contribution in [0.5, 0.6) is 0 Å². The molecule has 0 radical (unpaired) electrons. The Balaban J connectivity index is 1.82. The van der Waals surface area contributed by atoms with Crippen molar-refractivity contribution in [3.05, 3.63) is 96.1 Å². The fourth-order valence-electron chi connectivity index (χ4n) is 2.60. The molecule has 0 aliphatic heterocycles. The molecule has 1 atom stereocenters. The monoisotopic (exact) mass is 286 g/mol. The standard InChI is InChI=1S/C21H18O/c1-16(17-8-4-2-5-9-17)21(22)20-14-12-19(13-15-20)18-10-6-3-7-11-18/h2-16H,1H3. The first-order valence-corrected chi connectivity index (χ1v) is 7.50. The van der Waals surface area contributed by atoms with Crippen molar-refractivity contribution in [1.29, 1.82) is 0 Å². The highest BCUT2D eigenvalue weighted by atomic mass is 16.1. The minimum atomic E-state index is -0.122. The number of Topliss-reactive ketones (excluding diaryl/α,β-unsaturated/α-hetero) is 1. The van der Waals surface area contributed by atoms with E-state index in [1.807, 2.05) is 79.7 Å². The Bertz CT molecular complexity index is 743. The topological polar surface area (TPSA) is 17.1 Å². The highest BCUT2D eigenvalue weighted by Gasteiger charge is 2.16. The minimum absolute atomic E-state index is 0.122. The molecule has 0 amide bonds. The van der Waals surface area contributed by atoms with Crippen LogP contribution in [0.3, 0.4) is 0 Å². The second-order valence-corrected chi connectivity index (χ2v) is 5.44. The molecule has 3 rings (SSSR count). The van der Waals surface area contributed by atoms with Crippen LogP contribution in [-0.4, -0.2) is 5.78 Å². The number of hydrogen-bond acceptors (Lipinski definition) is 1. The Hall–Kier alpha value is -2.67. The van der Waals surface area contributed by atoms with E-state index in [9.17, 15) is 4.79 Å². The van der Waals surface area contributed by atoms with Crippen LogP contribution < -0.4 is 0 Å². The van der Waals surface area contributed by atoms with Gasteiger partial charge in [-0.1, -0.05) is 91.9 Å². The fourth-order valence-corrected chi connectivity index (χ4v) is 2.60. The van der Waals surface area contributed by atoms with Crippen LogP contribution in [0.1, 0.15) is 28.8 Å². The lowest BCUT2D eigenvalue weighted by atomic mass is 9.91. The summed E-state index contributed by atoms with van der Waals surface area (Å²) in [4.78, 5) is 12.6. The van der Waals surface area contributed by atoms with Crippen LogP contribution in [0.25, 0.3) is 11.1 Å². The molecule has 1 unspecified atom stereocenters. The van der Waals surface area contributed by atoms with Crippen molar-refractivity contribution in [2.45, 2.75) is 12.8 Å². The van der Waals surface area contributed by atoms with Crippen molar-refractivity contribution in [3.8, 4) is 11.1 Å². The molecule has 0 N–H and O–H groups in total. The van der Waals surface area contributed by atoms with Gasteiger partial charge in [-0.15, -0.1) is 0 Å². The summed E-state index contributed by atoms with van der Waals surface area (Å²) >= 11 is 0. The maximum absolute atomic E-state index is 12.6. The molecule has 0 spiro atoms. The van der Waals surface area contributed by atoms with Gasteiger partial charge in [0.25, 0.3) is 0 Å². The molecule has 3 aromatic carbocycles. The summed E-state index contributed by atoms with van der Waals surface area (Å²) in [7, 11) is 0. The van der Waals surface area contributed by atoms with Crippen LogP contribution in [0.15, 0.2) is 84.9 Å². The maximum atomic E-state index is 12.6. The van der Waals surface area contributed by atoms with E-state index in [-0.39, 0.29) is 11.7 Å². The Morgan fingerprint density at radius 2 is 1.18 bits per heavy atom. The first kappa shape index (κ1) is 14.3. The zero-order valence-electron chi connectivity index (χ0n) is 12.6. The highest BCUT2D eigenvalue weighted by Crippen LogP contribution is 2.23. The van der Waals surface area contributed by atoms with E-state index in [2.05, 4.69) is 12.1 Å². The van der Waals surface area contributed by atoms with E-state index in [4.69, 9.17) is 0 Å². The van der Waals surface area contributed by atoms with E-state index < -0.39 is 0 Å². The fraction of sp³-hybridized carbons (Fsp3) is 0.0952. The molecule has 0 aromatic heterocycles. The van der Waals surface area contributed by atoms with Crippen molar-refractivity contribution in [2.24, 2.45) is 0 Å². The predicted molar refractivity (Wildman–Crippen MR) is 91.1 cm³/mol. The number of carbonyl (C=O) groups excluding carboxylic acids is 1. The van der Waals surface area contributed by atoms with Crippen molar-refractivity contribution >= 4 is 5.78 Å². The summed E-state index contributed by atoms with van der Waals surface area (Å²) < 4.78 is 0. The van der Waals surface area contributed by atoms with Gasteiger partial charge in [0, 0.05) is 11.5 Å². The van der Waals surface area contributed by atoms with Crippen LogP contribution in [-0.2, 0) is 0 Å². The molecule has 0 saturated heterocycles. The van der Waals surface area contributed by atoms with Gasteiger partial charge in [0.15, 0.2) is 5.78 Å². The third-order valence-electron chi connectivity index (χ3n) is 3.97. The summed E-state index contributed by atoms with van der Waals surface area (Å²) in [6, 6.07) is 28.0. The Morgan fingerprint density at radius 3 is 1.77 bits per heavy atom. The molecule has 0 aliphatic carbocycles. The molecule has 22 heavy (non-hydrogen) atoms. The summed E-state index contributed by atoms with van der Waals surface area (Å²) in [5.74, 6) is 0.0367. The number of carbonyl (C=O) groups is 1. The normalized spacial score (nSPS) is 11.9. The zero-order valence-corrected chi connectivity index (χ0v) is 12.6. The maximum Gasteiger partial charge on any atom is 0.170 e. The van der Waals surface area contributed by atoms with Gasteiger partial charge >= 0.3 is 0 Å². The smallest absolute Gasteiger partial charge is 0.170 e. The first-order chi connectivity index (χ1) is 10.8. The van der Waals surface area contributed by atoms with E-state index in [1.54, 1.807) is 0 Å². The lowest BCUT2D eigenvalue weighted by Gasteiger charge is -2.11. The van der Waals surface area contributed by atoms with Crippen LogP contribution in [0.2, 0.25) is 0 Å². The van der Waals surface area contributed by atoms with Gasteiger partial charge in [0.2, 0.25) is 0 Å². The molecular weight excluding hydrogens is 268 g/mol. The molecular formula is C21H18O. The molecule has 0 heterocycles. The summed E-state index contributed by atoms with van der Waals surface area (Å²) in [5, 5.41) is 0. The van der Waals surface area contributed by atoms with Crippen LogP contribution in [0, 0.1) is 0 Å². The molecule has 0 aliphatic rings. The van der Waals surface area contributed by atoms with Crippen molar-refractivity contribution in [2.75, 3.05) is 0 Å². The Morgan fingerprint density at radius 1 is 0.682 bits per heavy atom. The quantitative estimate of drug-likeness (QED) is 0.592. The van der Waals surface area contributed by atoms with Gasteiger partial charge < -0.3 is 0 Å². The van der Waals surface area contributed by atoms with E-state index in [0.717, 1.165) is 22.3 Å². The minimum Gasteiger partial charge on any atom is -0.294 e. The van der Waals surface area contributed by atoms with Crippen molar-refractivity contribution in [1.82, 2.24) is 0 Å². The lowest BCUT2D eigenvalue weighted by Crippen LogP contribution is -2.09. The first-order valence-electron chi connectivity index (χ1n) is 7.50. The molecule has 3 aromatic rings. The number of ketones is 1. The molecule has 1 heteroatoms. The van der Waals surface area contributed by atoms with Crippen molar-refractivity contribution in [3.63, 3.8) is 0 Å².